The van der Waals surface area contributed by atoms with Crippen molar-refractivity contribution in [2.45, 2.75) is 20.8 Å². The molecule has 0 aliphatic heterocycles. The first kappa shape index (κ1) is 12.2. The molecule has 0 aliphatic carbocycles. The zero-order valence-corrected chi connectivity index (χ0v) is 10.7. The summed E-state index contributed by atoms with van der Waals surface area (Å²) in [5, 5.41) is 11.9. The fourth-order valence-electron chi connectivity index (χ4n) is 1.86. The number of amidine groups is 1. The smallest absolute Gasteiger partial charge is 0.172 e. The number of aromatic nitrogens is 2. The standard InChI is InChI=1S/C13H16N4O/c1-8-4-5-12(11(6-8)13(14)16-18)17-7-15-9(2)10(17)3/h4-7,18H,1-3H3,(H2,14,16). The van der Waals surface area contributed by atoms with Crippen LogP contribution in [0.15, 0.2) is 29.7 Å². The Kier molecular flexibility index (Phi) is 3.06. The molecule has 0 bridgehead atoms. The average Bonchev–Trinajstić information content (AvgIpc) is 2.69. The minimum absolute atomic E-state index is 0.0967. The van der Waals surface area contributed by atoms with E-state index in [1.54, 1.807) is 6.33 Å². The van der Waals surface area contributed by atoms with Gasteiger partial charge in [-0.3, -0.25) is 0 Å². The van der Waals surface area contributed by atoms with E-state index in [4.69, 9.17) is 10.9 Å². The van der Waals surface area contributed by atoms with Gasteiger partial charge in [0.05, 0.1) is 17.7 Å². The molecule has 94 valence electrons. The maximum atomic E-state index is 8.86. The van der Waals surface area contributed by atoms with Crippen LogP contribution in [0.2, 0.25) is 0 Å². The third-order valence-corrected chi connectivity index (χ3v) is 3.05. The van der Waals surface area contributed by atoms with Crippen LogP contribution in [0.1, 0.15) is 22.5 Å². The number of rotatable bonds is 2. The van der Waals surface area contributed by atoms with E-state index in [0.717, 1.165) is 22.6 Å². The first-order valence-corrected chi connectivity index (χ1v) is 5.64. The molecule has 0 aliphatic rings. The SMILES string of the molecule is Cc1ccc(-n2cnc(C)c2C)c(/C(N)=N/O)c1. The van der Waals surface area contributed by atoms with Crippen LogP contribution in [-0.2, 0) is 0 Å². The second kappa shape index (κ2) is 4.52. The quantitative estimate of drug-likeness (QED) is 0.366. The third kappa shape index (κ3) is 1.95. The largest absolute Gasteiger partial charge is 0.409 e. The Morgan fingerprint density at radius 1 is 1.33 bits per heavy atom. The molecular weight excluding hydrogens is 228 g/mol. The molecule has 5 nitrogen and oxygen atoms in total. The number of aryl methyl sites for hydroxylation is 2. The number of imidazole rings is 1. The molecule has 0 amide bonds. The summed E-state index contributed by atoms with van der Waals surface area (Å²) in [5.74, 6) is 0.0967. The van der Waals surface area contributed by atoms with Crippen LogP contribution < -0.4 is 5.73 Å². The Labute approximate surface area is 106 Å². The highest BCUT2D eigenvalue weighted by Crippen LogP contribution is 2.19. The Morgan fingerprint density at radius 3 is 2.61 bits per heavy atom. The molecular formula is C13H16N4O. The van der Waals surface area contributed by atoms with E-state index in [0.29, 0.717) is 5.56 Å². The van der Waals surface area contributed by atoms with Crippen molar-refractivity contribution in [2.75, 3.05) is 0 Å². The molecule has 2 aromatic rings. The fourth-order valence-corrected chi connectivity index (χ4v) is 1.86. The van der Waals surface area contributed by atoms with Crippen LogP contribution in [-0.4, -0.2) is 20.6 Å². The Bertz CT molecular complexity index is 613. The van der Waals surface area contributed by atoms with E-state index < -0.39 is 0 Å². The number of hydrogen-bond acceptors (Lipinski definition) is 3. The molecule has 0 spiro atoms. The van der Waals surface area contributed by atoms with Gasteiger partial charge in [-0.25, -0.2) is 4.98 Å². The van der Waals surface area contributed by atoms with E-state index >= 15 is 0 Å². The predicted molar refractivity (Wildman–Crippen MR) is 70.3 cm³/mol. The normalized spacial score (nSPS) is 11.8. The van der Waals surface area contributed by atoms with E-state index in [1.807, 2.05) is 43.5 Å². The molecule has 3 N–H and O–H groups in total. The van der Waals surface area contributed by atoms with Gasteiger partial charge in [-0.2, -0.15) is 0 Å². The van der Waals surface area contributed by atoms with Crippen molar-refractivity contribution >= 4 is 5.84 Å². The number of benzene rings is 1. The minimum atomic E-state index is 0.0967. The maximum absolute atomic E-state index is 8.86. The zero-order chi connectivity index (χ0) is 13.3. The molecule has 0 atom stereocenters. The lowest BCUT2D eigenvalue weighted by atomic mass is 10.1. The van der Waals surface area contributed by atoms with E-state index in [1.165, 1.54) is 0 Å². The molecule has 0 saturated heterocycles. The highest BCUT2D eigenvalue weighted by atomic mass is 16.4. The van der Waals surface area contributed by atoms with Gasteiger partial charge in [0.25, 0.3) is 0 Å². The lowest BCUT2D eigenvalue weighted by molar-refractivity contribution is 0.318. The highest BCUT2D eigenvalue weighted by molar-refractivity contribution is 6.00. The molecule has 0 radical (unpaired) electrons. The Morgan fingerprint density at radius 2 is 2.06 bits per heavy atom. The van der Waals surface area contributed by atoms with Gasteiger partial charge in [0.2, 0.25) is 0 Å². The van der Waals surface area contributed by atoms with Crippen LogP contribution in [0.25, 0.3) is 5.69 Å². The second-order valence-corrected chi connectivity index (χ2v) is 4.29. The number of nitrogens with two attached hydrogens (primary N) is 1. The van der Waals surface area contributed by atoms with E-state index in [9.17, 15) is 0 Å². The van der Waals surface area contributed by atoms with Crippen LogP contribution in [0, 0.1) is 20.8 Å². The lowest BCUT2D eigenvalue weighted by Crippen LogP contribution is -2.16. The van der Waals surface area contributed by atoms with Gasteiger partial charge in [0.1, 0.15) is 0 Å². The molecule has 0 unspecified atom stereocenters. The topological polar surface area (TPSA) is 76.4 Å². The summed E-state index contributed by atoms with van der Waals surface area (Å²) < 4.78 is 1.93. The van der Waals surface area contributed by atoms with E-state index in [-0.39, 0.29) is 5.84 Å². The minimum Gasteiger partial charge on any atom is -0.409 e. The van der Waals surface area contributed by atoms with Crippen LogP contribution in [0.3, 0.4) is 0 Å². The molecule has 2 rings (SSSR count). The van der Waals surface area contributed by atoms with Gasteiger partial charge < -0.3 is 15.5 Å². The second-order valence-electron chi connectivity index (χ2n) is 4.29. The van der Waals surface area contributed by atoms with Crippen molar-refractivity contribution in [1.82, 2.24) is 9.55 Å². The first-order chi connectivity index (χ1) is 8.54. The molecule has 1 heterocycles. The van der Waals surface area contributed by atoms with Crippen molar-refractivity contribution in [3.05, 3.63) is 47.0 Å². The highest BCUT2D eigenvalue weighted by Gasteiger charge is 2.12. The predicted octanol–water partition coefficient (Wildman–Crippen LogP) is 1.89. The average molecular weight is 244 g/mol. The molecule has 1 aromatic heterocycles. The van der Waals surface area contributed by atoms with Gasteiger partial charge in [-0.1, -0.05) is 16.8 Å². The van der Waals surface area contributed by atoms with E-state index in [2.05, 4.69) is 10.1 Å². The monoisotopic (exact) mass is 244 g/mol. The van der Waals surface area contributed by atoms with Crippen molar-refractivity contribution in [3.63, 3.8) is 0 Å². The summed E-state index contributed by atoms with van der Waals surface area (Å²) in [5.41, 5.74) is 10.3. The molecule has 5 heteroatoms. The van der Waals surface area contributed by atoms with Crippen LogP contribution in [0.4, 0.5) is 0 Å². The summed E-state index contributed by atoms with van der Waals surface area (Å²) in [6.45, 7) is 5.89. The fraction of sp³-hybridized carbons (Fsp3) is 0.231. The summed E-state index contributed by atoms with van der Waals surface area (Å²) in [7, 11) is 0. The van der Waals surface area contributed by atoms with Crippen LogP contribution in [0.5, 0.6) is 0 Å². The van der Waals surface area contributed by atoms with Crippen molar-refractivity contribution in [1.29, 1.82) is 0 Å². The van der Waals surface area contributed by atoms with Gasteiger partial charge in [-0.05, 0) is 32.9 Å². The van der Waals surface area contributed by atoms with Crippen molar-refractivity contribution in [3.8, 4) is 5.69 Å². The summed E-state index contributed by atoms with van der Waals surface area (Å²) >= 11 is 0. The summed E-state index contributed by atoms with van der Waals surface area (Å²) in [6, 6.07) is 5.81. The number of nitrogens with zero attached hydrogens (tertiary/aromatic N) is 3. The molecule has 0 saturated carbocycles. The van der Waals surface area contributed by atoms with Gasteiger partial charge in [0.15, 0.2) is 5.84 Å². The first-order valence-electron chi connectivity index (χ1n) is 5.64. The Balaban J connectivity index is 2.68. The lowest BCUT2D eigenvalue weighted by Gasteiger charge is -2.12. The van der Waals surface area contributed by atoms with Crippen molar-refractivity contribution in [2.24, 2.45) is 10.9 Å². The zero-order valence-electron chi connectivity index (χ0n) is 10.7. The number of hydrogen-bond donors (Lipinski definition) is 2. The molecule has 18 heavy (non-hydrogen) atoms. The Hall–Kier alpha value is -2.30. The van der Waals surface area contributed by atoms with Gasteiger partial charge in [0, 0.05) is 11.3 Å². The summed E-state index contributed by atoms with van der Waals surface area (Å²) in [6.07, 6.45) is 1.74. The molecule has 1 aromatic carbocycles. The van der Waals surface area contributed by atoms with Crippen LogP contribution >= 0.6 is 0 Å². The maximum Gasteiger partial charge on any atom is 0.172 e. The molecule has 0 fully saturated rings. The van der Waals surface area contributed by atoms with Gasteiger partial charge >= 0.3 is 0 Å². The van der Waals surface area contributed by atoms with Gasteiger partial charge in [-0.15, -0.1) is 0 Å². The van der Waals surface area contributed by atoms with Crippen molar-refractivity contribution < 1.29 is 5.21 Å². The third-order valence-electron chi connectivity index (χ3n) is 3.05. The summed E-state index contributed by atoms with van der Waals surface area (Å²) in [4.78, 5) is 4.26. The number of oxime groups is 1.